The van der Waals surface area contributed by atoms with Gasteiger partial charge in [-0.25, -0.2) is 19.9 Å². The predicted molar refractivity (Wildman–Crippen MR) is 133 cm³/mol. The minimum absolute atomic E-state index is 0.337. The molecule has 1 saturated heterocycles. The van der Waals surface area contributed by atoms with E-state index in [4.69, 9.17) is 9.15 Å². The molecule has 4 aromatic rings. The molecule has 37 heavy (non-hydrogen) atoms. The molecule has 14 nitrogen and oxygen atoms in total. The van der Waals surface area contributed by atoms with Gasteiger partial charge in [0.2, 0.25) is 5.65 Å². The van der Waals surface area contributed by atoms with E-state index in [-0.39, 0.29) is 0 Å². The molecular formula is C23H29N9O5. The lowest BCUT2D eigenvalue weighted by molar-refractivity contribution is -0.137. The number of rotatable bonds is 8. The number of nitrogens with zero attached hydrogens (tertiary/aromatic N) is 7. The third kappa shape index (κ3) is 4.32. The zero-order chi connectivity index (χ0) is 26.3. The molecule has 0 aliphatic carbocycles. The van der Waals surface area contributed by atoms with E-state index < -0.39 is 30.4 Å². The highest BCUT2D eigenvalue weighted by atomic mass is 16.6. The number of carbonyl (C=O) groups is 1. The first kappa shape index (κ1) is 24.8. The average Bonchev–Trinajstić information content (AvgIpc) is 3.60. The highest BCUT2D eigenvalue weighted by molar-refractivity contribution is 5.83. The smallest absolute Gasteiger partial charge is 0.299 e. The van der Waals surface area contributed by atoms with Crippen LogP contribution in [-0.4, -0.2) is 84.1 Å². The average molecular weight is 512 g/mol. The van der Waals surface area contributed by atoms with Gasteiger partial charge in [-0.15, -0.1) is 0 Å². The molecule has 4 atom stereocenters. The molecule has 5 heterocycles. The molecule has 0 saturated carbocycles. The summed E-state index contributed by atoms with van der Waals surface area (Å²) in [5.74, 6) is -0.0882. The molecule has 5 rings (SSSR count). The Balaban J connectivity index is 1.38. The molecule has 0 radical (unpaired) electrons. The van der Waals surface area contributed by atoms with E-state index in [9.17, 15) is 15.0 Å². The van der Waals surface area contributed by atoms with Crippen molar-refractivity contribution in [2.75, 3.05) is 30.4 Å². The van der Waals surface area contributed by atoms with Crippen LogP contribution in [0.1, 0.15) is 31.3 Å². The van der Waals surface area contributed by atoms with Gasteiger partial charge in [0.05, 0.1) is 18.6 Å². The molecule has 1 aliphatic rings. The number of likely N-dealkylation sites (N-methyl/N-ethyl adjacent to an activating group) is 1. The molecule has 4 aromatic heterocycles. The summed E-state index contributed by atoms with van der Waals surface area (Å²) in [7, 11) is 1.43. The lowest BCUT2D eigenvalue weighted by Crippen LogP contribution is -2.41. The fraction of sp³-hybridized carbons (Fsp3) is 0.478. The summed E-state index contributed by atoms with van der Waals surface area (Å²) in [5, 5.41) is 26.5. The highest BCUT2D eigenvalue weighted by Crippen LogP contribution is 2.32. The Morgan fingerprint density at radius 3 is 2.68 bits per heavy atom. The summed E-state index contributed by atoms with van der Waals surface area (Å²) in [6.45, 7) is 7.92. The zero-order valence-electron chi connectivity index (χ0n) is 20.9. The third-order valence-corrected chi connectivity index (χ3v) is 6.44. The summed E-state index contributed by atoms with van der Waals surface area (Å²) in [6, 6.07) is 2.47. The Hall–Kier alpha value is -3.88. The number of ether oxygens (including phenoxy) is 1. The normalized spacial score (nSPS) is 21.6. The molecule has 0 spiro atoms. The van der Waals surface area contributed by atoms with Gasteiger partial charge < -0.3 is 34.9 Å². The first-order valence-electron chi connectivity index (χ1n) is 12.0. The highest BCUT2D eigenvalue weighted by Gasteiger charge is 2.47. The van der Waals surface area contributed by atoms with E-state index in [0.29, 0.717) is 40.8 Å². The fourth-order valence-electron chi connectivity index (χ4n) is 4.43. The van der Waals surface area contributed by atoms with E-state index in [1.807, 2.05) is 31.7 Å². The minimum atomic E-state index is -1.40. The second-order valence-corrected chi connectivity index (χ2v) is 8.69. The van der Waals surface area contributed by atoms with Crippen molar-refractivity contribution in [1.29, 1.82) is 0 Å². The molecule has 1 fully saturated rings. The standard InChI is InChI=1S/C23H29N9O5/c1-5-31(6-2)23-30-19-16(37-23)11(3)7-12(29-19)8-25-18-13-20(27-9-26-18)32(10-28-13)22-15(34)14(33)17(36-22)21(35)24-4/h7,9-10,14-15,17,22,33-34H,5-6,8H2,1-4H3,(H,24,35)(H,25,26,27)/t14-,15+,17-,22+/m0/s1. The number of nitrogens with one attached hydrogen (secondary N) is 2. The van der Waals surface area contributed by atoms with Crippen molar-refractivity contribution >= 4 is 40.1 Å². The number of hydrogen-bond acceptors (Lipinski definition) is 12. The van der Waals surface area contributed by atoms with Gasteiger partial charge >= 0.3 is 0 Å². The quantitative estimate of drug-likeness (QED) is 0.258. The van der Waals surface area contributed by atoms with Gasteiger partial charge in [-0.1, -0.05) is 0 Å². The SMILES string of the molecule is CCN(CC)c1nc2nc(CNc3ncnc4c3ncn4[C@@H]3O[C@H](C(=O)NC)[C@@H](O)[C@H]3O)cc(C)c2o1. The fourth-order valence-corrected chi connectivity index (χ4v) is 4.43. The molecule has 0 unspecified atom stereocenters. The Morgan fingerprint density at radius 2 is 1.95 bits per heavy atom. The first-order chi connectivity index (χ1) is 17.9. The van der Waals surface area contributed by atoms with Gasteiger partial charge in [-0.3, -0.25) is 9.36 Å². The number of aryl methyl sites for hydroxylation is 1. The van der Waals surface area contributed by atoms with Crippen molar-refractivity contribution in [1.82, 2.24) is 34.8 Å². The van der Waals surface area contributed by atoms with Gasteiger partial charge in [0, 0.05) is 20.1 Å². The van der Waals surface area contributed by atoms with Crippen LogP contribution in [-0.2, 0) is 16.1 Å². The summed E-state index contributed by atoms with van der Waals surface area (Å²) >= 11 is 0. The van der Waals surface area contributed by atoms with Gasteiger partial charge in [0.15, 0.2) is 34.9 Å². The maximum Gasteiger partial charge on any atom is 0.299 e. The maximum absolute atomic E-state index is 12.0. The molecule has 0 bridgehead atoms. The summed E-state index contributed by atoms with van der Waals surface area (Å²) in [6.07, 6.45) is -2.24. The van der Waals surface area contributed by atoms with E-state index in [1.165, 1.54) is 24.3 Å². The molecule has 1 aliphatic heterocycles. The predicted octanol–water partition coefficient (Wildman–Crippen LogP) is 0.494. The van der Waals surface area contributed by atoms with E-state index >= 15 is 0 Å². The Morgan fingerprint density at radius 1 is 1.16 bits per heavy atom. The summed E-state index contributed by atoms with van der Waals surface area (Å²) < 4.78 is 13.1. The van der Waals surface area contributed by atoms with Crippen molar-refractivity contribution < 1.29 is 24.2 Å². The molecule has 1 amide bonds. The van der Waals surface area contributed by atoms with E-state index in [0.717, 1.165) is 24.3 Å². The number of fused-ring (bicyclic) bond motifs is 2. The number of aliphatic hydroxyl groups excluding tert-OH is 2. The number of hydrogen-bond donors (Lipinski definition) is 4. The number of anilines is 2. The molecule has 4 N–H and O–H groups in total. The van der Waals surface area contributed by atoms with Crippen molar-refractivity contribution in [3.63, 3.8) is 0 Å². The second-order valence-electron chi connectivity index (χ2n) is 8.69. The van der Waals surface area contributed by atoms with Gasteiger partial charge in [0.1, 0.15) is 18.5 Å². The van der Waals surface area contributed by atoms with Crippen LogP contribution in [0, 0.1) is 6.92 Å². The first-order valence-corrected chi connectivity index (χ1v) is 12.0. The Kier molecular flexibility index (Phi) is 6.62. The van der Waals surface area contributed by atoms with Crippen LogP contribution in [0.4, 0.5) is 11.8 Å². The molecule has 196 valence electrons. The van der Waals surface area contributed by atoms with Gasteiger partial charge in [-0.05, 0) is 32.4 Å². The Labute approximate surface area is 211 Å². The van der Waals surface area contributed by atoms with Crippen LogP contribution in [0.5, 0.6) is 0 Å². The van der Waals surface area contributed by atoms with Crippen LogP contribution in [0.2, 0.25) is 0 Å². The minimum Gasteiger partial charge on any atom is -0.421 e. The third-order valence-electron chi connectivity index (χ3n) is 6.44. The van der Waals surface area contributed by atoms with Gasteiger partial charge in [-0.2, -0.15) is 4.98 Å². The second kappa shape index (κ2) is 9.88. The zero-order valence-corrected chi connectivity index (χ0v) is 20.9. The summed E-state index contributed by atoms with van der Waals surface area (Å²) in [4.78, 5) is 36.2. The number of pyridine rings is 1. The van der Waals surface area contributed by atoms with Crippen molar-refractivity contribution in [2.24, 2.45) is 0 Å². The topological polar surface area (TPSA) is 177 Å². The molecular weight excluding hydrogens is 482 g/mol. The Bertz CT molecular complexity index is 1430. The van der Waals surface area contributed by atoms with Crippen molar-refractivity contribution in [3.8, 4) is 0 Å². The molecule has 0 aromatic carbocycles. The van der Waals surface area contributed by atoms with E-state index in [1.54, 1.807) is 0 Å². The van der Waals surface area contributed by atoms with Crippen molar-refractivity contribution in [2.45, 2.75) is 51.9 Å². The maximum atomic E-state index is 12.0. The lowest BCUT2D eigenvalue weighted by atomic mass is 10.1. The van der Waals surface area contributed by atoms with Crippen molar-refractivity contribution in [3.05, 3.63) is 30.0 Å². The van der Waals surface area contributed by atoms with Crippen LogP contribution in [0.25, 0.3) is 22.4 Å². The monoisotopic (exact) mass is 511 g/mol. The van der Waals surface area contributed by atoms with Crippen LogP contribution in [0.15, 0.2) is 23.1 Å². The largest absolute Gasteiger partial charge is 0.421 e. The number of carbonyl (C=O) groups excluding carboxylic acids is 1. The van der Waals surface area contributed by atoms with Gasteiger partial charge in [0.25, 0.3) is 11.9 Å². The number of aliphatic hydroxyl groups is 2. The van der Waals surface area contributed by atoms with Crippen LogP contribution < -0.4 is 15.5 Å². The lowest BCUT2D eigenvalue weighted by Gasteiger charge is -2.16. The van der Waals surface area contributed by atoms with E-state index in [2.05, 4.69) is 35.6 Å². The van der Waals surface area contributed by atoms with Crippen LogP contribution >= 0.6 is 0 Å². The number of imidazole rings is 1. The summed E-state index contributed by atoms with van der Waals surface area (Å²) in [5.41, 5.74) is 3.64. The number of oxazole rings is 1. The van der Waals surface area contributed by atoms with Crippen LogP contribution in [0.3, 0.4) is 0 Å². The molecule has 14 heteroatoms. The number of amides is 1. The number of aromatic nitrogens is 6.